The Bertz CT molecular complexity index is 413. The number of aryl methyl sites for hydroxylation is 1. The van der Waals surface area contributed by atoms with Crippen molar-refractivity contribution in [2.24, 2.45) is 0 Å². The van der Waals surface area contributed by atoms with E-state index in [9.17, 15) is 0 Å². The van der Waals surface area contributed by atoms with Gasteiger partial charge in [-0.1, -0.05) is 0 Å². The molecule has 2 fully saturated rings. The molecule has 1 saturated carbocycles. The summed E-state index contributed by atoms with van der Waals surface area (Å²) in [4.78, 5) is 0. The minimum atomic E-state index is -0.261. The summed E-state index contributed by atoms with van der Waals surface area (Å²) in [6.45, 7) is 5.64. The lowest BCUT2D eigenvalue weighted by Gasteiger charge is -2.36. The average Bonchev–Trinajstić information content (AvgIpc) is 3.02. The first-order chi connectivity index (χ1) is 9.17. The van der Waals surface area contributed by atoms with E-state index in [4.69, 9.17) is 13.9 Å². The maximum absolute atomic E-state index is 5.75. The largest absolute Gasteiger partial charge is 0.465 e. The molecule has 1 aromatic heterocycles. The number of furan rings is 1. The fraction of sp³-hybridized carbons (Fsp3) is 0.733. The van der Waals surface area contributed by atoms with Crippen LogP contribution in [0, 0.1) is 6.92 Å². The molecule has 1 spiro atoms. The molecule has 1 saturated heterocycles. The molecule has 0 radical (unpaired) electrons. The van der Waals surface area contributed by atoms with Gasteiger partial charge in [0.25, 0.3) is 0 Å². The molecule has 0 aromatic carbocycles. The van der Waals surface area contributed by atoms with Gasteiger partial charge in [0.1, 0.15) is 11.5 Å². The van der Waals surface area contributed by atoms with Gasteiger partial charge in [-0.2, -0.15) is 0 Å². The molecule has 4 nitrogen and oxygen atoms in total. The Balaban J connectivity index is 1.52. The minimum absolute atomic E-state index is 0.261. The molecule has 1 aliphatic carbocycles. The topological polar surface area (TPSA) is 43.6 Å². The second-order valence-electron chi connectivity index (χ2n) is 5.72. The minimum Gasteiger partial charge on any atom is -0.465 e. The fourth-order valence-electron chi connectivity index (χ4n) is 3.13. The van der Waals surface area contributed by atoms with Gasteiger partial charge >= 0.3 is 0 Å². The van der Waals surface area contributed by atoms with E-state index < -0.39 is 0 Å². The zero-order valence-electron chi connectivity index (χ0n) is 11.8. The number of hydrogen-bond donors (Lipinski definition) is 1. The van der Waals surface area contributed by atoms with Gasteiger partial charge in [0.15, 0.2) is 5.79 Å². The predicted octanol–water partition coefficient (Wildman–Crippen LogP) is 2.92. The zero-order valence-corrected chi connectivity index (χ0v) is 11.8. The summed E-state index contributed by atoms with van der Waals surface area (Å²) in [5, 5.41) is 3.65. The molecule has 19 heavy (non-hydrogen) atoms. The first kappa shape index (κ1) is 13.2. The van der Waals surface area contributed by atoms with Crippen LogP contribution in [0.1, 0.15) is 50.2 Å². The van der Waals surface area contributed by atoms with Crippen LogP contribution in [-0.2, 0) is 9.47 Å². The predicted molar refractivity (Wildman–Crippen MR) is 71.9 cm³/mol. The number of hydrogen-bond acceptors (Lipinski definition) is 4. The molecule has 0 bridgehead atoms. The molecule has 3 rings (SSSR count). The molecule has 2 heterocycles. The first-order valence-electron chi connectivity index (χ1n) is 7.27. The van der Waals surface area contributed by atoms with Crippen LogP contribution in [0.5, 0.6) is 0 Å². The van der Waals surface area contributed by atoms with Crippen molar-refractivity contribution in [3.63, 3.8) is 0 Å². The molecule has 1 unspecified atom stereocenters. The Morgan fingerprint density at radius 3 is 2.47 bits per heavy atom. The Kier molecular flexibility index (Phi) is 3.65. The summed E-state index contributed by atoms with van der Waals surface area (Å²) in [7, 11) is 0. The van der Waals surface area contributed by atoms with E-state index in [1.165, 1.54) is 0 Å². The Morgan fingerprint density at radius 1 is 1.21 bits per heavy atom. The van der Waals surface area contributed by atoms with E-state index >= 15 is 0 Å². The Morgan fingerprint density at radius 2 is 1.89 bits per heavy atom. The molecule has 1 atom stereocenters. The van der Waals surface area contributed by atoms with Crippen LogP contribution in [-0.4, -0.2) is 25.0 Å². The maximum atomic E-state index is 5.75. The van der Waals surface area contributed by atoms with E-state index in [-0.39, 0.29) is 11.8 Å². The molecule has 4 heteroatoms. The van der Waals surface area contributed by atoms with Crippen molar-refractivity contribution < 1.29 is 13.9 Å². The van der Waals surface area contributed by atoms with Gasteiger partial charge < -0.3 is 19.2 Å². The van der Waals surface area contributed by atoms with Crippen molar-refractivity contribution in [1.82, 2.24) is 5.32 Å². The van der Waals surface area contributed by atoms with Gasteiger partial charge in [0, 0.05) is 18.9 Å². The zero-order chi connectivity index (χ0) is 13.3. The van der Waals surface area contributed by atoms with Crippen LogP contribution in [0.3, 0.4) is 0 Å². The van der Waals surface area contributed by atoms with E-state index in [1.54, 1.807) is 0 Å². The van der Waals surface area contributed by atoms with Crippen molar-refractivity contribution in [2.75, 3.05) is 13.2 Å². The fourth-order valence-corrected chi connectivity index (χ4v) is 3.13. The lowest BCUT2D eigenvalue weighted by Crippen LogP contribution is -2.42. The van der Waals surface area contributed by atoms with E-state index in [0.717, 1.165) is 50.4 Å². The first-order valence-corrected chi connectivity index (χ1v) is 7.27. The monoisotopic (exact) mass is 265 g/mol. The smallest absolute Gasteiger partial charge is 0.168 e. The summed E-state index contributed by atoms with van der Waals surface area (Å²) in [6, 6.07) is 4.86. The standard InChI is InChI=1S/C15H23NO3/c1-11-3-4-14(19-11)12(2)16-13-5-7-15(8-6-13)17-9-10-18-15/h3-4,12-13,16H,5-10H2,1-2H3. The lowest BCUT2D eigenvalue weighted by molar-refractivity contribution is -0.179. The van der Waals surface area contributed by atoms with Crippen molar-refractivity contribution in [3.8, 4) is 0 Å². The van der Waals surface area contributed by atoms with Gasteiger partial charge in [0.05, 0.1) is 19.3 Å². The van der Waals surface area contributed by atoms with Crippen LogP contribution >= 0.6 is 0 Å². The van der Waals surface area contributed by atoms with E-state index in [0.29, 0.717) is 6.04 Å². The normalized spacial score (nSPS) is 24.9. The van der Waals surface area contributed by atoms with Crippen molar-refractivity contribution >= 4 is 0 Å². The number of nitrogens with one attached hydrogen (secondary N) is 1. The molecular formula is C15H23NO3. The third-order valence-corrected chi connectivity index (χ3v) is 4.23. The molecule has 106 valence electrons. The van der Waals surface area contributed by atoms with Crippen molar-refractivity contribution in [3.05, 3.63) is 23.7 Å². The molecule has 2 aliphatic rings. The van der Waals surface area contributed by atoms with Crippen LogP contribution in [0.25, 0.3) is 0 Å². The molecule has 0 amide bonds. The van der Waals surface area contributed by atoms with Crippen molar-refractivity contribution in [2.45, 2.75) is 57.4 Å². The highest BCUT2D eigenvalue weighted by Gasteiger charge is 2.40. The van der Waals surface area contributed by atoms with Crippen LogP contribution in [0.4, 0.5) is 0 Å². The summed E-state index contributed by atoms with van der Waals surface area (Å²) >= 11 is 0. The number of rotatable bonds is 3. The summed E-state index contributed by atoms with van der Waals surface area (Å²) in [6.07, 6.45) is 4.19. The van der Waals surface area contributed by atoms with Gasteiger partial charge in [-0.05, 0) is 38.8 Å². The summed E-state index contributed by atoms with van der Waals surface area (Å²) in [5.74, 6) is 1.73. The lowest BCUT2D eigenvalue weighted by atomic mass is 9.89. The second kappa shape index (κ2) is 5.27. The third kappa shape index (κ3) is 2.86. The highest BCUT2D eigenvalue weighted by atomic mass is 16.7. The van der Waals surface area contributed by atoms with E-state index in [1.807, 2.05) is 13.0 Å². The van der Waals surface area contributed by atoms with Crippen molar-refractivity contribution in [1.29, 1.82) is 0 Å². The molecular weight excluding hydrogens is 242 g/mol. The summed E-state index contributed by atoms with van der Waals surface area (Å²) < 4.78 is 17.2. The van der Waals surface area contributed by atoms with Crippen LogP contribution in [0.15, 0.2) is 16.5 Å². The molecule has 1 aliphatic heterocycles. The summed E-state index contributed by atoms with van der Waals surface area (Å²) in [5.41, 5.74) is 0. The highest BCUT2D eigenvalue weighted by Crippen LogP contribution is 2.36. The van der Waals surface area contributed by atoms with Gasteiger partial charge in [-0.15, -0.1) is 0 Å². The quantitative estimate of drug-likeness (QED) is 0.912. The van der Waals surface area contributed by atoms with Crippen LogP contribution in [0.2, 0.25) is 0 Å². The molecule has 1 N–H and O–H groups in total. The SMILES string of the molecule is Cc1ccc(C(C)NC2CCC3(CC2)OCCO3)o1. The van der Waals surface area contributed by atoms with Gasteiger partial charge in [0.2, 0.25) is 0 Å². The maximum Gasteiger partial charge on any atom is 0.168 e. The van der Waals surface area contributed by atoms with Gasteiger partial charge in [-0.25, -0.2) is 0 Å². The van der Waals surface area contributed by atoms with Gasteiger partial charge in [-0.3, -0.25) is 0 Å². The van der Waals surface area contributed by atoms with E-state index in [2.05, 4.69) is 18.3 Å². The number of ether oxygens (including phenoxy) is 2. The average molecular weight is 265 g/mol. The van der Waals surface area contributed by atoms with Crippen LogP contribution < -0.4 is 5.32 Å². The second-order valence-corrected chi connectivity index (χ2v) is 5.72. The Hall–Kier alpha value is -0.840. The molecule has 1 aromatic rings. The Labute approximate surface area is 114 Å². The highest BCUT2D eigenvalue weighted by molar-refractivity contribution is 5.09. The third-order valence-electron chi connectivity index (χ3n) is 4.23.